The molecule has 22 heavy (non-hydrogen) atoms. The van der Waals surface area contributed by atoms with Crippen molar-refractivity contribution in [3.05, 3.63) is 64.1 Å². The molecule has 0 saturated carbocycles. The maximum atomic E-state index is 12.0. The molecule has 1 aromatic heterocycles. The van der Waals surface area contributed by atoms with E-state index in [2.05, 4.69) is 0 Å². The number of para-hydroxylation sites is 2. The number of carbonyl (C=O) groups is 1. The molecule has 1 heterocycles. The molecule has 2 aromatic carbocycles. The van der Waals surface area contributed by atoms with Crippen LogP contribution in [0.3, 0.4) is 0 Å². The van der Waals surface area contributed by atoms with Gasteiger partial charge in [0.05, 0.1) is 19.2 Å². The Hall–Kier alpha value is -2.82. The number of fused-ring (bicyclic) bond motifs is 1. The van der Waals surface area contributed by atoms with Crippen molar-refractivity contribution in [2.75, 3.05) is 7.11 Å². The first-order chi connectivity index (χ1) is 10.6. The summed E-state index contributed by atoms with van der Waals surface area (Å²) in [5.41, 5.74) is 2.58. The lowest BCUT2D eigenvalue weighted by molar-refractivity contribution is 0.101. The van der Waals surface area contributed by atoms with Gasteiger partial charge >= 0.3 is 5.76 Å². The number of ether oxygens (including phenoxy) is 1. The van der Waals surface area contributed by atoms with E-state index in [9.17, 15) is 9.59 Å². The molecule has 0 spiro atoms. The number of carbonyl (C=O) groups excluding carboxylic acids is 1. The molecule has 5 heteroatoms. The number of methoxy groups -OCH3 is 1. The molecule has 0 atom stereocenters. The Morgan fingerprint density at radius 1 is 1.23 bits per heavy atom. The second kappa shape index (κ2) is 5.52. The number of Topliss-reactive ketones (excluding diaryl/α,β-unsaturated/α-hetero) is 1. The van der Waals surface area contributed by atoms with Gasteiger partial charge in [0, 0.05) is 11.1 Å². The maximum Gasteiger partial charge on any atom is 0.420 e. The minimum atomic E-state index is -0.434. The predicted octanol–water partition coefficient (Wildman–Crippen LogP) is 2.85. The third kappa shape index (κ3) is 2.41. The topological polar surface area (TPSA) is 61.4 Å². The number of benzene rings is 2. The molecule has 0 aliphatic carbocycles. The molecule has 5 nitrogen and oxygen atoms in total. The van der Waals surface area contributed by atoms with E-state index in [-0.39, 0.29) is 12.3 Å². The van der Waals surface area contributed by atoms with Crippen molar-refractivity contribution in [3.8, 4) is 5.75 Å². The summed E-state index contributed by atoms with van der Waals surface area (Å²) in [5.74, 6) is 0.159. The SMILES string of the molecule is COc1ccc(C(C)=O)cc1Cn1c(=O)oc2ccccc21. The van der Waals surface area contributed by atoms with Gasteiger partial charge in [-0.15, -0.1) is 0 Å². The highest BCUT2D eigenvalue weighted by molar-refractivity contribution is 5.94. The van der Waals surface area contributed by atoms with Crippen molar-refractivity contribution in [2.24, 2.45) is 0 Å². The lowest BCUT2D eigenvalue weighted by Crippen LogP contribution is -2.15. The van der Waals surface area contributed by atoms with E-state index in [1.807, 2.05) is 18.2 Å². The molecule has 3 rings (SSSR count). The third-order valence-corrected chi connectivity index (χ3v) is 3.59. The summed E-state index contributed by atoms with van der Waals surface area (Å²) in [6.07, 6.45) is 0. The first-order valence-corrected chi connectivity index (χ1v) is 6.86. The number of aromatic nitrogens is 1. The molecule has 112 valence electrons. The Kier molecular flexibility index (Phi) is 3.55. The summed E-state index contributed by atoms with van der Waals surface area (Å²) in [7, 11) is 1.56. The van der Waals surface area contributed by atoms with Crippen molar-refractivity contribution < 1.29 is 13.9 Å². The zero-order valence-corrected chi connectivity index (χ0v) is 12.3. The van der Waals surface area contributed by atoms with Gasteiger partial charge in [-0.25, -0.2) is 4.79 Å². The van der Waals surface area contributed by atoms with E-state index in [0.717, 1.165) is 5.56 Å². The summed E-state index contributed by atoms with van der Waals surface area (Å²) >= 11 is 0. The maximum absolute atomic E-state index is 12.0. The normalized spacial score (nSPS) is 10.8. The third-order valence-electron chi connectivity index (χ3n) is 3.59. The fraction of sp³-hybridized carbons (Fsp3) is 0.176. The van der Waals surface area contributed by atoms with E-state index >= 15 is 0 Å². The van der Waals surface area contributed by atoms with Crippen LogP contribution in [0.1, 0.15) is 22.8 Å². The second-order valence-corrected chi connectivity index (χ2v) is 5.00. The van der Waals surface area contributed by atoms with Crippen molar-refractivity contribution in [2.45, 2.75) is 13.5 Å². The Morgan fingerprint density at radius 2 is 2.00 bits per heavy atom. The average Bonchev–Trinajstić information content (AvgIpc) is 2.83. The predicted molar refractivity (Wildman–Crippen MR) is 82.6 cm³/mol. The molecule has 0 N–H and O–H groups in total. The highest BCUT2D eigenvalue weighted by Gasteiger charge is 2.13. The van der Waals surface area contributed by atoms with E-state index in [1.165, 1.54) is 11.5 Å². The second-order valence-electron chi connectivity index (χ2n) is 5.00. The van der Waals surface area contributed by atoms with E-state index < -0.39 is 5.76 Å². The van der Waals surface area contributed by atoms with E-state index in [0.29, 0.717) is 22.4 Å². The Balaban J connectivity index is 2.12. The van der Waals surface area contributed by atoms with Crippen LogP contribution in [0.4, 0.5) is 0 Å². The summed E-state index contributed by atoms with van der Waals surface area (Å²) in [6, 6.07) is 12.4. The van der Waals surface area contributed by atoms with Gasteiger partial charge in [-0.1, -0.05) is 12.1 Å². The molecule has 0 bridgehead atoms. The van der Waals surface area contributed by atoms with Gasteiger partial charge in [-0.3, -0.25) is 9.36 Å². The first kappa shape index (κ1) is 14.1. The average molecular weight is 297 g/mol. The monoisotopic (exact) mass is 297 g/mol. The molecule has 0 saturated heterocycles. The minimum absolute atomic E-state index is 0.0340. The van der Waals surface area contributed by atoms with Crippen LogP contribution in [0.25, 0.3) is 11.1 Å². The van der Waals surface area contributed by atoms with Crippen LogP contribution in [0.2, 0.25) is 0 Å². The molecule has 0 aliphatic rings. The zero-order chi connectivity index (χ0) is 15.7. The molecule has 0 amide bonds. The number of nitrogens with zero attached hydrogens (tertiary/aromatic N) is 1. The molecule has 0 aliphatic heterocycles. The standard InChI is InChI=1S/C17H15NO4/c1-11(19)12-7-8-15(21-2)13(9-12)10-18-14-5-3-4-6-16(14)22-17(18)20/h3-9H,10H2,1-2H3. The molecule has 3 aromatic rings. The van der Waals surface area contributed by atoms with Gasteiger partial charge in [0.15, 0.2) is 11.4 Å². The largest absolute Gasteiger partial charge is 0.496 e. The quantitative estimate of drug-likeness (QED) is 0.695. The number of hydrogen-bond donors (Lipinski definition) is 0. The van der Waals surface area contributed by atoms with E-state index in [1.54, 1.807) is 31.4 Å². The van der Waals surface area contributed by atoms with Crippen molar-refractivity contribution in [1.29, 1.82) is 0 Å². The summed E-state index contributed by atoms with van der Waals surface area (Å²) in [5, 5.41) is 0. The first-order valence-electron chi connectivity index (χ1n) is 6.86. The van der Waals surface area contributed by atoms with Gasteiger partial charge < -0.3 is 9.15 Å². The summed E-state index contributed by atoms with van der Waals surface area (Å²) in [4.78, 5) is 23.6. The number of oxazole rings is 1. The van der Waals surface area contributed by atoms with Crippen LogP contribution < -0.4 is 10.5 Å². The molecular formula is C17H15NO4. The zero-order valence-electron chi connectivity index (χ0n) is 12.3. The van der Waals surface area contributed by atoms with Crippen LogP contribution >= 0.6 is 0 Å². The lowest BCUT2D eigenvalue weighted by atomic mass is 10.1. The Labute approximate surface area is 126 Å². The molecular weight excluding hydrogens is 282 g/mol. The summed E-state index contributed by atoms with van der Waals surface area (Å²) in [6.45, 7) is 1.78. The summed E-state index contributed by atoms with van der Waals surface area (Å²) < 4.78 is 12.1. The van der Waals surface area contributed by atoms with Crippen LogP contribution in [-0.4, -0.2) is 17.5 Å². The van der Waals surface area contributed by atoms with Crippen molar-refractivity contribution >= 4 is 16.9 Å². The minimum Gasteiger partial charge on any atom is -0.496 e. The smallest absolute Gasteiger partial charge is 0.420 e. The Morgan fingerprint density at radius 3 is 2.73 bits per heavy atom. The van der Waals surface area contributed by atoms with Gasteiger partial charge in [0.25, 0.3) is 0 Å². The fourth-order valence-corrected chi connectivity index (χ4v) is 2.46. The van der Waals surface area contributed by atoms with Crippen LogP contribution in [0, 0.1) is 0 Å². The van der Waals surface area contributed by atoms with Gasteiger partial charge in [0.2, 0.25) is 0 Å². The molecule has 0 radical (unpaired) electrons. The fourth-order valence-electron chi connectivity index (χ4n) is 2.46. The van der Waals surface area contributed by atoms with Gasteiger partial charge in [-0.2, -0.15) is 0 Å². The number of hydrogen-bond acceptors (Lipinski definition) is 4. The lowest BCUT2D eigenvalue weighted by Gasteiger charge is -2.10. The number of ketones is 1. The van der Waals surface area contributed by atoms with Gasteiger partial charge in [-0.05, 0) is 37.3 Å². The number of rotatable bonds is 4. The Bertz CT molecular complexity index is 904. The molecule has 0 unspecified atom stereocenters. The highest BCUT2D eigenvalue weighted by Crippen LogP contribution is 2.22. The van der Waals surface area contributed by atoms with Crippen molar-refractivity contribution in [3.63, 3.8) is 0 Å². The van der Waals surface area contributed by atoms with Crippen LogP contribution in [0.15, 0.2) is 51.7 Å². The van der Waals surface area contributed by atoms with Gasteiger partial charge in [0.1, 0.15) is 5.75 Å². The van der Waals surface area contributed by atoms with Crippen LogP contribution in [-0.2, 0) is 6.54 Å². The van der Waals surface area contributed by atoms with Crippen molar-refractivity contribution in [1.82, 2.24) is 4.57 Å². The van der Waals surface area contributed by atoms with Crippen LogP contribution in [0.5, 0.6) is 5.75 Å². The molecule has 0 fully saturated rings. The highest BCUT2D eigenvalue weighted by atomic mass is 16.5. The van der Waals surface area contributed by atoms with E-state index in [4.69, 9.17) is 9.15 Å².